The van der Waals surface area contributed by atoms with E-state index in [1.165, 1.54) is 6.33 Å². The molecule has 13 heteroatoms. The molecule has 42 heavy (non-hydrogen) atoms. The van der Waals surface area contributed by atoms with Gasteiger partial charge in [0, 0.05) is 5.56 Å². The van der Waals surface area contributed by atoms with Crippen molar-refractivity contribution in [2.75, 3.05) is 11.9 Å². The maximum absolute atomic E-state index is 12.8. The lowest BCUT2D eigenvalue weighted by Gasteiger charge is -2.51. The third kappa shape index (κ3) is 5.25. The minimum absolute atomic E-state index is 0.119. The molecular weight excluding hydrogens is 571 g/mol. The first-order chi connectivity index (χ1) is 19.9. The molecule has 5 rings (SSSR count). The number of benzene rings is 1. The summed E-state index contributed by atoms with van der Waals surface area (Å²) < 4.78 is 29.3. The monoisotopic (exact) mass is 613 g/mol. The Morgan fingerprint density at radius 1 is 0.952 bits per heavy atom. The summed E-state index contributed by atoms with van der Waals surface area (Å²) in [6.45, 7) is 17.5. The molecule has 228 valence electrons. The summed E-state index contributed by atoms with van der Waals surface area (Å²) in [5, 5.41) is 14.6. The first-order valence-electron chi connectivity index (χ1n) is 14.8. The number of hydrogen-bond donors (Lipinski definition) is 2. The average molecular weight is 614 g/mol. The first kappa shape index (κ1) is 30.9. The van der Waals surface area contributed by atoms with Gasteiger partial charge in [-0.15, -0.1) is 0 Å². The van der Waals surface area contributed by atoms with Crippen molar-refractivity contribution in [3.05, 3.63) is 48.5 Å². The van der Waals surface area contributed by atoms with E-state index in [9.17, 15) is 9.90 Å². The molecule has 11 nitrogen and oxygen atoms in total. The van der Waals surface area contributed by atoms with Gasteiger partial charge in [-0.1, -0.05) is 73.6 Å². The number of carbonyl (C=O) groups excluding carboxylic acids is 1. The van der Waals surface area contributed by atoms with Crippen molar-refractivity contribution >= 4 is 40.0 Å². The third-order valence-electron chi connectivity index (χ3n) is 8.54. The number of aliphatic hydroxyl groups is 1. The molecule has 2 fully saturated rings. The molecule has 1 unspecified atom stereocenters. The number of nitrogens with one attached hydrogen (secondary N) is 1. The number of rotatable bonds is 7. The number of amides is 1. The van der Waals surface area contributed by atoms with E-state index in [4.69, 9.17) is 17.7 Å². The van der Waals surface area contributed by atoms with Crippen LogP contribution in [0.4, 0.5) is 5.82 Å². The molecule has 0 saturated carbocycles. The zero-order chi connectivity index (χ0) is 30.4. The lowest BCUT2D eigenvalue weighted by Crippen LogP contribution is -2.65. The quantitative estimate of drug-likeness (QED) is 0.341. The van der Waals surface area contributed by atoms with Gasteiger partial charge in [0.1, 0.15) is 24.6 Å². The van der Waals surface area contributed by atoms with E-state index in [2.05, 4.69) is 75.7 Å². The number of imidazole rings is 1. The normalized spacial score (nSPS) is 25.6. The second kappa shape index (κ2) is 11.9. The van der Waals surface area contributed by atoms with Crippen molar-refractivity contribution in [1.82, 2.24) is 19.5 Å². The fourth-order valence-electron chi connectivity index (χ4n) is 6.27. The summed E-state index contributed by atoms with van der Waals surface area (Å²) in [5.74, 6) is -0.0345. The molecule has 4 heterocycles. The van der Waals surface area contributed by atoms with E-state index in [1.54, 1.807) is 35.2 Å². The number of fused-ring (bicyclic) bond motifs is 2. The Balaban J connectivity index is 1.49. The summed E-state index contributed by atoms with van der Waals surface area (Å²) >= 11 is 0. The van der Waals surface area contributed by atoms with Gasteiger partial charge in [0.05, 0.1) is 12.9 Å². The highest BCUT2D eigenvalue weighted by atomic mass is 28.5. The largest absolute Gasteiger partial charge is 0.414 e. The highest BCUT2D eigenvalue weighted by Gasteiger charge is 2.61. The van der Waals surface area contributed by atoms with Crippen LogP contribution in [0.15, 0.2) is 43.0 Å². The molecule has 2 aliphatic heterocycles. The summed E-state index contributed by atoms with van der Waals surface area (Å²) in [4.78, 5) is 26.0. The third-order valence-corrected chi connectivity index (χ3v) is 18.8. The van der Waals surface area contributed by atoms with Crippen LogP contribution in [-0.4, -0.2) is 72.6 Å². The molecule has 2 aromatic heterocycles. The molecule has 2 N–H and O–H groups in total. The van der Waals surface area contributed by atoms with Crippen molar-refractivity contribution in [3.8, 4) is 0 Å². The Kier molecular flexibility index (Phi) is 8.74. The number of carbonyl (C=O) groups is 1. The Morgan fingerprint density at radius 3 is 2.21 bits per heavy atom. The van der Waals surface area contributed by atoms with E-state index >= 15 is 0 Å². The molecule has 2 aliphatic rings. The second-order valence-corrected chi connectivity index (χ2v) is 21.3. The van der Waals surface area contributed by atoms with Gasteiger partial charge in [0.2, 0.25) is 0 Å². The van der Waals surface area contributed by atoms with Gasteiger partial charge < -0.3 is 28.1 Å². The molecular formula is C29H43N5O6Si2. The molecule has 0 bridgehead atoms. The van der Waals surface area contributed by atoms with Crippen LogP contribution in [0.1, 0.15) is 72.0 Å². The number of anilines is 1. The maximum atomic E-state index is 12.8. The molecule has 4 atom stereocenters. The van der Waals surface area contributed by atoms with E-state index in [0.29, 0.717) is 16.7 Å². The summed E-state index contributed by atoms with van der Waals surface area (Å²) in [6, 6.07) is 8.88. The molecule has 0 spiro atoms. The van der Waals surface area contributed by atoms with Crippen LogP contribution in [0.2, 0.25) is 22.2 Å². The van der Waals surface area contributed by atoms with Crippen LogP contribution in [0.5, 0.6) is 0 Å². The van der Waals surface area contributed by atoms with Crippen LogP contribution in [0, 0.1) is 0 Å². The molecule has 2 saturated heterocycles. The SMILES string of the molecule is CC(C)[Si]1(C(C)C)OC[C@H]2O[C@@H](n3cnc4c(NC(=O)c5ccccc5)ncnc43)[C@@H](O)C2O[Si](C(C)C)(C(C)C)O1. The summed E-state index contributed by atoms with van der Waals surface area (Å²) in [7, 11) is -5.69. The average Bonchev–Trinajstić information content (AvgIpc) is 3.49. The van der Waals surface area contributed by atoms with E-state index in [1.807, 2.05) is 6.07 Å². The van der Waals surface area contributed by atoms with Crippen molar-refractivity contribution in [1.29, 1.82) is 0 Å². The lowest BCUT2D eigenvalue weighted by molar-refractivity contribution is -0.0570. The topological polar surface area (TPSA) is 130 Å². The first-order valence-corrected chi connectivity index (χ1v) is 18.7. The lowest BCUT2D eigenvalue weighted by atomic mass is 10.1. The van der Waals surface area contributed by atoms with Crippen molar-refractivity contribution < 1.29 is 27.6 Å². The van der Waals surface area contributed by atoms with Gasteiger partial charge in [-0.05, 0) is 34.3 Å². The smallest absolute Gasteiger partial charge is 0.335 e. The fourth-order valence-corrected chi connectivity index (χ4v) is 17.5. The minimum atomic E-state index is -2.94. The Bertz CT molecular complexity index is 1390. The Morgan fingerprint density at radius 2 is 1.60 bits per heavy atom. The van der Waals surface area contributed by atoms with Gasteiger partial charge >= 0.3 is 17.1 Å². The number of hydrogen-bond acceptors (Lipinski definition) is 9. The van der Waals surface area contributed by atoms with Gasteiger partial charge in [-0.25, -0.2) is 15.0 Å². The zero-order valence-corrected chi connectivity index (χ0v) is 27.6. The molecule has 0 aliphatic carbocycles. The Hall–Kier alpha value is -2.53. The maximum Gasteiger partial charge on any atom is 0.335 e. The van der Waals surface area contributed by atoms with Crippen LogP contribution in [0.25, 0.3) is 11.2 Å². The molecule has 1 amide bonds. The van der Waals surface area contributed by atoms with Crippen molar-refractivity contribution in [2.45, 2.75) is 102 Å². The molecule has 1 aromatic carbocycles. The number of ether oxygens (including phenoxy) is 1. The van der Waals surface area contributed by atoms with Gasteiger partial charge in [0.15, 0.2) is 23.2 Å². The number of aromatic nitrogens is 4. The fraction of sp³-hybridized carbons (Fsp3) is 0.586. The predicted octanol–water partition coefficient (Wildman–Crippen LogP) is 5.29. The van der Waals surface area contributed by atoms with Crippen molar-refractivity contribution in [2.24, 2.45) is 0 Å². The highest BCUT2D eigenvalue weighted by Crippen LogP contribution is 2.48. The van der Waals surface area contributed by atoms with Gasteiger partial charge in [-0.3, -0.25) is 9.36 Å². The van der Waals surface area contributed by atoms with Gasteiger partial charge in [-0.2, -0.15) is 0 Å². The number of aliphatic hydroxyl groups excluding tert-OH is 1. The number of nitrogens with zero attached hydrogens (tertiary/aromatic N) is 4. The highest BCUT2D eigenvalue weighted by molar-refractivity contribution is 6.84. The minimum Gasteiger partial charge on any atom is -0.414 e. The van der Waals surface area contributed by atoms with E-state index in [0.717, 1.165) is 0 Å². The predicted molar refractivity (Wildman–Crippen MR) is 163 cm³/mol. The van der Waals surface area contributed by atoms with Crippen LogP contribution in [0.3, 0.4) is 0 Å². The summed E-state index contributed by atoms with van der Waals surface area (Å²) in [6.07, 6.45) is -0.125. The molecule has 0 radical (unpaired) electrons. The standard InChI is InChI=1S/C29H43N5O6Si2/c1-17(2)41(18(3)4)37-14-22-25(39-42(40-41,19(5)6)20(7)8)24(35)29(38-22)34-16-32-23-26(30-15-31-27(23)34)33-28(36)21-12-10-9-11-13-21/h9-13,15-20,22,24-25,29,35H,14H2,1-8H3,(H,30,31,33,36)/t22-,24+,25?,29-/m1/s1. The molecule has 3 aromatic rings. The second-order valence-electron chi connectivity index (χ2n) is 12.5. The van der Waals surface area contributed by atoms with Crippen LogP contribution >= 0.6 is 0 Å². The summed E-state index contributed by atoms with van der Waals surface area (Å²) in [5.41, 5.74) is 1.95. The van der Waals surface area contributed by atoms with Crippen molar-refractivity contribution in [3.63, 3.8) is 0 Å². The van der Waals surface area contributed by atoms with Gasteiger partial charge in [0.25, 0.3) is 5.91 Å². The van der Waals surface area contributed by atoms with E-state index < -0.39 is 41.7 Å². The van der Waals surface area contributed by atoms with Crippen LogP contribution in [-0.2, 0) is 17.7 Å². The van der Waals surface area contributed by atoms with E-state index in [-0.39, 0.29) is 40.5 Å². The Labute approximate surface area is 249 Å². The van der Waals surface area contributed by atoms with Crippen LogP contribution < -0.4 is 5.32 Å². The zero-order valence-electron chi connectivity index (χ0n) is 25.6.